The van der Waals surface area contributed by atoms with Crippen LogP contribution in [0.3, 0.4) is 0 Å². The van der Waals surface area contributed by atoms with E-state index in [2.05, 4.69) is 0 Å². The summed E-state index contributed by atoms with van der Waals surface area (Å²) in [5.41, 5.74) is 7.40. The molecule has 2 N–H and O–H groups in total. The lowest BCUT2D eigenvalue weighted by atomic mass is 10.1. The fraction of sp³-hybridized carbons (Fsp3) is 0.462. The molecule has 0 bridgehead atoms. The molecule has 0 aromatic heterocycles. The molecule has 2 unspecified atom stereocenters. The fourth-order valence-electron chi connectivity index (χ4n) is 2.62. The van der Waals surface area contributed by atoms with Gasteiger partial charge in [0.05, 0.1) is 10.7 Å². The van der Waals surface area contributed by atoms with Gasteiger partial charge in [-0.1, -0.05) is 37.3 Å². The Morgan fingerprint density at radius 3 is 2.74 bits per heavy atom. The number of fused-ring (bicyclic) bond motifs is 1. The summed E-state index contributed by atoms with van der Waals surface area (Å²) < 4.78 is 27.0. The topological polar surface area (TPSA) is 63.4 Å². The molecule has 2 atom stereocenters. The molecule has 104 valence electrons. The molecule has 0 amide bonds. The van der Waals surface area contributed by atoms with Crippen LogP contribution in [0.2, 0.25) is 0 Å². The van der Waals surface area contributed by atoms with Crippen molar-refractivity contribution in [3.63, 3.8) is 0 Å². The molecule has 1 aliphatic heterocycles. The van der Waals surface area contributed by atoms with E-state index < -0.39 is 15.3 Å². The van der Waals surface area contributed by atoms with E-state index in [-0.39, 0.29) is 11.0 Å². The second-order valence-electron chi connectivity index (χ2n) is 4.82. The summed E-state index contributed by atoms with van der Waals surface area (Å²) in [6, 6.07) is 7.48. The highest BCUT2D eigenvalue weighted by Gasteiger charge is 2.40. The van der Waals surface area contributed by atoms with Gasteiger partial charge in [-0.15, -0.1) is 0 Å². The van der Waals surface area contributed by atoms with Gasteiger partial charge in [0.2, 0.25) is 10.0 Å². The van der Waals surface area contributed by atoms with Crippen LogP contribution in [0.15, 0.2) is 24.3 Å². The predicted octanol–water partition coefficient (Wildman–Crippen LogP) is 1.83. The van der Waals surface area contributed by atoms with Gasteiger partial charge in [0.15, 0.2) is 0 Å². The molecule has 4 nitrogen and oxygen atoms in total. The molecule has 1 aromatic rings. The van der Waals surface area contributed by atoms with E-state index in [4.69, 9.17) is 18.0 Å². The Kier molecular flexibility index (Phi) is 3.82. The predicted molar refractivity (Wildman–Crippen MR) is 81.9 cm³/mol. The third-order valence-electron chi connectivity index (χ3n) is 3.47. The zero-order chi connectivity index (χ0) is 14.2. The van der Waals surface area contributed by atoms with Crippen LogP contribution < -0.4 is 10.0 Å². The minimum atomic E-state index is -3.55. The van der Waals surface area contributed by atoms with Crippen molar-refractivity contribution in [2.45, 2.75) is 38.0 Å². The van der Waals surface area contributed by atoms with E-state index >= 15 is 0 Å². The standard InChI is InChI=1S/C13H18N2O2S2/c1-3-12(13(14)18)19(16,17)15-9(2)8-10-6-4-5-7-11(10)15/h4-7,9,12H,3,8H2,1-2H3,(H2,14,18). The van der Waals surface area contributed by atoms with Gasteiger partial charge in [-0.25, -0.2) is 8.42 Å². The Morgan fingerprint density at radius 1 is 1.53 bits per heavy atom. The fourth-order valence-corrected chi connectivity index (χ4v) is 5.17. The monoisotopic (exact) mass is 298 g/mol. The van der Waals surface area contributed by atoms with Crippen LogP contribution >= 0.6 is 12.2 Å². The first-order valence-electron chi connectivity index (χ1n) is 6.30. The number of hydrogen-bond acceptors (Lipinski definition) is 3. The van der Waals surface area contributed by atoms with Crippen LogP contribution in [0.4, 0.5) is 5.69 Å². The number of para-hydroxylation sites is 1. The van der Waals surface area contributed by atoms with Gasteiger partial charge in [0, 0.05) is 6.04 Å². The van der Waals surface area contributed by atoms with Crippen molar-refractivity contribution in [2.24, 2.45) is 5.73 Å². The number of nitrogens with two attached hydrogens (primary N) is 1. The second kappa shape index (κ2) is 5.09. The lowest BCUT2D eigenvalue weighted by Crippen LogP contribution is -2.46. The van der Waals surface area contributed by atoms with Crippen molar-refractivity contribution in [3.05, 3.63) is 29.8 Å². The van der Waals surface area contributed by atoms with Crippen molar-refractivity contribution in [1.82, 2.24) is 0 Å². The Balaban J connectivity index is 2.49. The molecule has 0 fully saturated rings. The van der Waals surface area contributed by atoms with Crippen LogP contribution in [-0.2, 0) is 16.4 Å². The van der Waals surface area contributed by atoms with Gasteiger partial charge in [-0.05, 0) is 31.4 Å². The number of anilines is 1. The van der Waals surface area contributed by atoms with Crippen molar-refractivity contribution < 1.29 is 8.42 Å². The Hall–Kier alpha value is -1.14. The third kappa shape index (κ3) is 2.34. The average molecular weight is 298 g/mol. The summed E-state index contributed by atoms with van der Waals surface area (Å²) in [7, 11) is -3.55. The summed E-state index contributed by atoms with van der Waals surface area (Å²) in [6.45, 7) is 3.69. The SMILES string of the molecule is CCC(C(N)=S)S(=O)(=O)N1c2ccccc2CC1C. The molecular formula is C13H18N2O2S2. The highest BCUT2D eigenvalue weighted by molar-refractivity contribution is 7.95. The molecule has 19 heavy (non-hydrogen) atoms. The van der Waals surface area contributed by atoms with E-state index in [9.17, 15) is 8.42 Å². The average Bonchev–Trinajstić information content (AvgIpc) is 2.65. The quantitative estimate of drug-likeness (QED) is 0.861. The molecule has 1 aromatic carbocycles. The zero-order valence-electron chi connectivity index (χ0n) is 11.0. The van der Waals surface area contributed by atoms with E-state index in [1.807, 2.05) is 31.2 Å². The number of sulfonamides is 1. The molecule has 2 rings (SSSR count). The minimum absolute atomic E-state index is 0.0408. The minimum Gasteiger partial charge on any atom is -0.392 e. The summed E-state index contributed by atoms with van der Waals surface area (Å²) in [6.07, 6.45) is 1.12. The van der Waals surface area contributed by atoms with Crippen LogP contribution in [-0.4, -0.2) is 24.7 Å². The molecule has 0 radical (unpaired) electrons. The lowest BCUT2D eigenvalue weighted by Gasteiger charge is -2.28. The first kappa shape index (κ1) is 14.3. The zero-order valence-corrected chi connectivity index (χ0v) is 12.7. The molecule has 1 aliphatic rings. The normalized spacial score (nSPS) is 20.1. The second-order valence-corrected chi connectivity index (χ2v) is 7.29. The number of thiocarbonyl (C=S) groups is 1. The van der Waals surface area contributed by atoms with E-state index in [1.165, 1.54) is 4.31 Å². The van der Waals surface area contributed by atoms with E-state index in [1.54, 1.807) is 6.92 Å². The van der Waals surface area contributed by atoms with Gasteiger partial charge < -0.3 is 5.73 Å². The summed E-state index contributed by atoms with van der Waals surface area (Å²) in [5, 5.41) is -0.795. The van der Waals surface area contributed by atoms with Gasteiger partial charge in [0.1, 0.15) is 5.25 Å². The number of nitrogens with zero attached hydrogens (tertiary/aromatic N) is 1. The Morgan fingerprint density at radius 2 is 2.16 bits per heavy atom. The molecule has 0 aliphatic carbocycles. The van der Waals surface area contributed by atoms with Crippen molar-refractivity contribution in [3.8, 4) is 0 Å². The van der Waals surface area contributed by atoms with Crippen LogP contribution in [0, 0.1) is 0 Å². The summed E-state index contributed by atoms with van der Waals surface area (Å²) in [5.74, 6) is 0. The lowest BCUT2D eigenvalue weighted by molar-refractivity contribution is 0.577. The van der Waals surface area contributed by atoms with Crippen molar-refractivity contribution in [1.29, 1.82) is 0 Å². The van der Waals surface area contributed by atoms with Gasteiger partial charge in [-0.3, -0.25) is 4.31 Å². The van der Waals surface area contributed by atoms with Crippen LogP contribution in [0.25, 0.3) is 0 Å². The third-order valence-corrected chi connectivity index (χ3v) is 6.31. The maximum Gasteiger partial charge on any atom is 0.244 e. The number of hydrogen-bond donors (Lipinski definition) is 1. The smallest absolute Gasteiger partial charge is 0.244 e. The largest absolute Gasteiger partial charge is 0.392 e. The number of rotatable bonds is 4. The van der Waals surface area contributed by atoms with Gasteiger partial charge in [0.25, 0.3) is 0 Å². The summed E-state index contributed by atoms with van der Waals surface area (Å²) in [4.78, 5) is 0.0408. The summed E-state index contributed by atoms with van der Waals surface area (Å²) >= 11 is 4.91. The molecular weight excluding hydrogens is 280 g/mol. The van der Waals surface area contributed by atoms with Crippen molar-refractivity contribution >= 4 is 32.9 Å². The molecule has 6 heteroatoms. The first-order chi connectivity index (χ1) is 8.89. The maximum absolute atomic E-state index is 12.7. The maximum atomic E-state index is 12.7. The van der Waals surface area contributed by atoms with Gasteiger partial charge >= 0.3 is 0 Å². The number of benzene rings is 1. The van der Waals surface area contributed by atoms with Gasteiger partial charge in [-0.2, -0.15) is 0 Å². The van der Waals surface area contributed by atoms with Crippen LogP contribution in [0.1, 0.15) is 25.8 Å². The molecule has 1 heterocycles. The Bertz CT molecular complexity index is 598. The molecule has 0 saturated heterocycles. The van der Waals surface area contributed by atoms with Crippen molar-refractivity contribution in [2.75, 3.05) is 4.31 Å². The molecule has 0 saturated carbocycles. The Labute approximate surface area is 119 Å². The molecule has 0 spiro atoms. The highest BCUT2D eigenvalue weighted by Crippen LogP contribution is 2.35. The first-order valence-corrected chi connectivity index (χ1v) is 8.21. The van der Waals surface area contributed by atoms with E-state index in [0.29, 0.717) is 6.42 Å². The highest BCUT2D eigenvalue weighted by atomic mass is 32.2. The van der Waals surface area contributed by atoms with Crippen LogP contribution in [0.5, 0.6) is 0 Å². The van der Waals surface area contributed by atoms with E-state index in [0.717, 1.165) is 17.7 Å².